The molecule has 1 amide bonds. The molecule has 1 atom stereocenters. The molecular formula is C13H26N2O2. The predicted molar refractivity (Wildman–Crippen MR) is 68.8 cm³/mol. The Morgan fingerprint density at radius 3 is 2.71 bits per heavy atom. The molecule has 0 aromatic carbocycles. The van der Waals surface area contributed by atoms with Crippen LogP contribution in [-0.4, -0.2) is 59.1 Å². The maximum absolute atomic E-state index is 11.6. The number of hydrogen-bond acceptors (Lipinski definition) is 3. The van der Waals surface area contributed by atoms with Crippen molar-refractivity contribution in [3.8, 4) is 0 Å². The van der Waals surface area contributed by atoms with Crippen LogP contribution < -0.4 is 0 Å². The van der Waals surface area contributed by atoms with Crippen molar-refractivity contribution in [2.75, 3.05) is 26.2 Å². The number of carbonyl (C=O) groups is 1. The van der Waals surface area contributed by atoms with Crippen molar-refractivity contribution < 1.29 is 9.90 Å². The molecule has 0 unspecified atom stereocenters. The van der Waals surface area contributed by atoms with Gasteiger partial charge < -0.3 is 10.0 Å². The molecule has 0 saturated carbocycles. The minimum Gasteiger partial charge on any atom is -0.395 e. The van der Waals surface area contributed by atoms with Crippen LogP contribution in [0.2, 0.25) is 0 Å². The van der Waals surface area contributed by atoms with E-state index in [1.54, 1.807) is 6.92 Å². The first-order valence-electron chi connectivity index (χ1n) is 6.68. The van der Waals surface area contributed by atoms with Gasteiger partial charge in [-0.25, -0.2) is 0 Å². The van der Waals surface area contributed by atoms with Gasteiger partial charge in [0, 0.05) is 38.6 Å². The van der Waals surface area contributed by atoms with Crippen molar-refractivity contribution >= 4 is 5.91 Å². The van der Waals surface area contributed by atoms with Gasteiger partial charge in [-0.2, -0.15) is 0 Å². The zero-order valence-electron chi connectivity index (χ0n) is 11.4. The quantitative estimate of drug-likeness (QED) is 0.785. The van der Waals surface area contributed by atoms with Crippen LogP contribution >= 0.6 is 0 Å². The number of rotatable bonds is 5. The average Bonchev–Trinajstić information content (AvgIpc) is 2.28. The Labute approximate surface area is 105 Å². The molecule has 0 aromatic heterocycles. The third-order valence-electron chi connectivity index (χ3n) is 3.59. The highest BCUT2D eigenvalue weighted by molar-refractivity contribution is 5.73. The predicted octanol–water partition coefficient (Wildman–Crippen LogP) is 1.09. The summed E-state index contributed by atoms with van der Waals surface area (Å²) in [6.07, 6.45) is 3.42. The van der Waals surface area contributed by atoms with Crippen LogP contribution in [0.4, 0.5) is 0 Å². The van der Waals surface area contributed by atoms with Gasteiger partial charge in [0.1, 0.15) is 0 Å². The fourth-order valence-electron chi connectivity index (χ4n) is 2.56. The van der Waals surface area contributed by atoms with Crippen LogP contribution in [0.3, 0.4) is 0 Å². The molecule has 0 aliphatic carbocycles. The number of amides is 1. The van der Waals surface area contributed by atoms with E-state index in [1.807, 2.05) is 4.90 Å². The van der Waals surface area contributed by atoms with Gasteiger partial charge in [-0.05, 0) is 33.1 Å². The SMILES string of the molecule is CC(=O)N1CCCC[C@@H]1CN(CCO)C(C)C. The van der Waals surface area contributed by atoms with Crippen molar-refractivity contribution in [3.63, 3.8) is 0 Å². The van der Waals surface area contributed by atoms with Gasteiger partial charge in [0.2, 0.25) is 5.91 Å². The molecule has 1 heterocycles. The molecule has 1 rings (SSSR count). The van der Waals surface area contributed by atoms with E-state index in [1.165, 1.54) is 6.42 Å². The first-order valence-corrected chi connectivity index (χ1v) is 6.68. The number of aliphatic hydroxyl groups is 1. The number of carbonyl (C=O) groups excluding carboxylic acids is 1. The molecule has 0 radical (unpaired) electrons. The molecule has 0 aromatic rings. The first kappa shape index (κ1) is 14.5. The standard InChI is InChI=1S/C13H26N2O2/c1-11(2)14(8-9-16)10-13-6-4-5-7-15(13)12(3)17/h11,13,16H,4-10H2,1-3H3/t13-/m1/s1. The smallest absolute Gasteiger partial charge is 0.219 e. The van der Waals surface area contributed by atoms with Gasteiger partial charge in [-0.15, -0.1) is 0 Å². The summed E-state index contributed by atoms with van der Waals surface area (Å²) in [7, 11) is 0. The highest BCUT2D eigenvalue weighted by Crippen LogP contribution is 2.18. The fraction of sp³-hybridized carbons (Fsp3) is 0.923. The van der Waals surface area contributed by atoms with Crippen molar-refractivity contribution in [2.45, 2.75) is 52.1 Å². The molecule has 0 bridgehead atoms. The lowest BCUT2D eigenvalue weighted by Gasteiger charge is -2.39. The third kappa shape index (κ3) is 4.28. The summed E-state index contributed by atoms with van der Waals surface area (Å²) < 4.78 is 0. The monoisotopic (exact) mass is 242 g/mol. The molecule has 1 fully saturated rings. The van der Waals surface area contributed by atoms with Crippen LogP contribution in [0.1, 0.15) is 40.0 Å². The van der Waals surface area contributed by atoms with E-state index < -0.39 is 0 Å². The second-order valence-electron chi connectivity index (χ2n) is 5.17. The maximum atomic E-state index is 11.6. The Kier molecular flexibility index (Phi) is 5.92. The normalized spacial score (nSPS) is 21.3. The Morgan fingerprint density at radius 2 is 2.18 bits per heavy atom. The van der Waals surface area contributed by atoms with E-state index in [4.69, 9.17) is 5.11 Å². The highest BCUT2D eigenvalue weighted by atomic mass is 16.3. The molecule has 100 valence electrons. The van der Waals surface area contributed by atoms with Gasteiger partial charge in [-0.1, -0.05) is 0 Å². The summed E-state index contributed by atoms with van der Waals surface area (Å²) in [5, 5.41) is 9.07. The summed E-state index contributed by atoms with van der Waals surface area (Å²) in [5.41, 5.74) is 0. The molecule has 1 aliphatic rings. The Balaban J connectivity index is 2.58. The highest BCUT2D eigenvalue weighted by Gasteiger charge is 2.26. The van der Waals surface area contributed by atoms with Crippen molar-refractivity contribution in [1.29, 1.82) is 0 Å². The lowest BCUT2D eigenvalue weighted by Crippen LogP contribution is -2.50. The van der Waals surface area contributed by atoms with Gasteiger partial charge >= 0.3 is 0 Å². The first-order chi connectivity index (χ1) is 8.06. The van der Waals surface area contributed by atoms with E-state index in [2.05, 4.69) is 18.7 Å². The van der Waals surface area contributed by atoms with E-state index in [0.29, 0.717) is 18.6 Å². The summed E-state index contributed by atoms with van der Waals surface area (Å²) in [4.78, 5) is 15.8. The molecule has 0 spiro atoms. The summed E-state index contributed by atoms with van der Waals surface area (Å²) in [5.74, 6) is 0.183. The minimum absolute atomic E-state index is 0.183. The number of likely N-dealkylation sites (tertiary alicyclic amines) is 1. The molecule has 4 heteroatoms. The zero-order valence-corrected chi connectivity index (χ0v) is 11.4. The Bertz CT molecular complexity index is 244. The van der Waals surface area contributed by atoms with Gasteiger partial charge in [0.05, 0.1) is 6.61 Å². The molecular weight excluding hydrogens is 216 g/mol. The van der Waals surface area contributed by atoms with E-state index >= 15 is 0 Å². The Hall–Kier alpha value is -0.610. The molecule has 4 nitrogen and oxygen atoms in total. The average molecular weight is 242 g/mol. The number of nitrogens with zero attached hydrogens (tertiary/aromatic N) is 2. The lowest BCUT2D eigenvalue weighted by atomic mass is 10.0. The largest absolute Gasteiger partial charge is 0.395 e. The second-order valence-corrected chi connectivity index (χ2v) is 5.17. The van der Waals surface area contributed by atoms with Gasteiger partial charge in [0.25, 0.3) is 0 Å². The number of aliphatic hydroxyl groups excluding tert-OH is 1. The molecule has 1 saturated heterocycles. The third-order valence-corrected chi connectivity index (χ3v) is 3.59. The molecule has 1 aliphatic heterocycles. The fourth-order valence-corrected chi connectivity index (χ4v) is 2.56. The van der Waals surface area contributed by atoms with Crippen LogP contribution in [0.25, 0.3) is 0 Å². The van der Waals surface area contributed by atoms with Crippen molar-refractivity contribution in [2.24, 2.45) is 0 Å². The minimum atomic E-state index is 0.183. The number of piperidine rings is 1. The Morgan fingerprint density at radius 1 is 1.47 bits per heavy atom. The van der Waals surface area contributed by atoms with Crippen LogP contribution in [0.15, 0.2) is 0 Å². The molecule has 1 N–H and O–H groups in total. The van der Waals surface area contributed by atoms with Crippen molar-refractivity contribution in [3.05, 3.63) is 0 Å². The molecule has 17 heavy (non-hydrogen) atoms. The van der Waals surface area contributed by atoms with E-state index in [0.717, 1.165) is 25.9 Å². The van der Waals surface area contributed by atoms with Gasteiger partial charge in [-0.3, -0.25) is 9.69 Å². The van der Waals surface area contributed by atoms with E-state index in [-0.39, 0.29) is 12.5 Å². The van der Waals surface area contributed by atoms with Crippen LogP contribution in [0.5, 0.6) is 0 Å². The lowest BCUT2D eigenvalue weighted by molar-refractivity contribution is -0.133. The number of hydrogen-bond donors (Lipinski definition) is 1. The summed E-state index contributed by atoms with van der Waals surface area (Å²) >= 11 is 0. The second kappa shape index (κ2) is 6.97. The van der Waals surface area contributed by atoms with Gasteiger partial charge in [0.15, 0.2) is 0 Å². The van der Waals surface area contributed by atoms with Crippen molar-refractivity contribution in [1.82, 2.24) is 9.80 Å². The van der Waals surface area contributed by atoms with Crippen LogP contribution in [0, 0.1) is 0 Å². The topological polar surface area (TPSA) is 43.8 Å². The van der Waals surface area contributed by atoms with Crippen LogP contribution in [-0.2, 0) is 4.79 Å². The maximum Gasteiger partial charge on any atom is 0.219 e. The van der Waals surface area contributed by atoms with E-state index in [9.17, 15) is 4.79 Å². The zero-order chi connectivity index (χ0) is 12.8. The summed E-state index contributed by atoms with van der Waals surface area (Å²) in [6, 6.07) is 0.744. The summed E-state index contributed by atoms with van der Waals surface area (Å²) in [6.45, 7) is 8.59.